The van der Waals surface area contributed by atoms with E-state index in [0.717, 1.165) is 36.6 Å². The highest BCUT2D eigenvalue weighted by Crippen LogP contribution is 2.37. The molecule has 1 aromatic carbocycles. The van der Waals surface area contributed by atoms with Crippen LogP contribution in [0.2, 0.25) is 0 Å². The molecule has 0 radical (unpaired) electrons. The van der Waals surface area contributed by atoms with Crippen molar-refractivity contribution in [3.05, 3.63) is 42.1 Å². The predicted molar refractivity (Wildman–Crippen MR) is 101 cm³/mol. The molecule has 4 rings (SSSR count). The molecule has 2 fully saturated rings. The number of aromatic nitrogens is 1. The molecule has 1 saturated carbocycles. The number of nitrogens with zero attached hydrogens (tertiary/aromatic N) is 1. The zero-order valence-electron chi connectivity index (χ0n) is 15.1. The molecule has 1 aliphatic heterocycles. The number of hydrogen-bond acceptors (Lipinski definition) is 3. The Kier molecular flexibility index (Phi) is 4.62. The summed E-state index contributed by atoms with van der Waals surface area (Å²) in [6, 6.07) is 11.8. The van der Waals surface area contributed by atoms with Gasteiger partial charge in [0.1, 0.15) is 5.69 Å². The van der Waals surface area contributed by atoms with E-state index < -0.39 is 0 Å². The van der Waals surface area contributed by atoms with E-state index in [4.69, 9.17) is 0 Å². The van der Waals surface area contributed by atoms with E-state index >= 15 is 0 Å². The number of fused-ring (bicyclic) bond motifs is 2. The van der Waals surface area contributed by atoms with Crippen molar-refractivity contribution in [3.8, 4) is 0 Å². The molecule has 4 unspecified atom stereocenters. The Morgan fingerprint density at radius 2 is 2.08 bits per heavy atom. The number of carbonyl (C=O) groups is 2. The van der Waals surface area contributed by atoms with Gasteiger partial charge in [-0.3, -0.25) is 9.59 Å². The van der Waals surface area contributed by atoms with Crippen molar-refractivity contribution in [1.82, 2.24) is 15.6 Å². The van der Waals surface area contributed by atoms with Crippen molar-refractivity contribution in [2.24, 2.45) is 11.8 Å². The van der Waals surface area contributed by atoms with Crippen LogP contribution < -0.4 is 10.6 Å². The fraction of sp³-hybridized carbons (Fsp3) is 0.476. The van der Waals surface area contributed by atoms with Crippen LogP contribution in [0.4, 0.5) is 0 Å². The summed E-state index contributed by atoms with van der Waals surface area (Å²) in [5.74, 6) is 1.05. The molecule has 2 aliphatic rings. The SMILES string of the molecule is CCC1CC(=O)NC2CC(NC(=O)c3ccc4ccccc4n3)CCC12. The first-order valence-corrected chi connectivity index (χ1v) is 9.60. The molecule has 2 N–H and O–H groups in total. The summed E-state index contributed by atoms with van der Waals surface area (Å²) in [6.07, 6.45) is 4.53. The number of amides is 2. The largest absolute Gasteiger partial charge is 0.353 e. The molecule has 0 bridgehead atoms. The van der Waals surface area contributed by atoms with Crippen LogP contribution in [0.15, 0.2) is 36.4 Å². The summed E-state index contributed by atoms with van der Waals surface area (Å²) >= 11 is 0. The minimum atomic E-state index is -0.131. The van der Waals surface area contributed by atoms with Crippen LogP contribution >= 0.6 is 0 Å². The Bertz CT molecular complexity index is 835. The zero-order chi connectivity index (χ0) is 18.1. The van der Waals surface area contributed by atoms with Crippen molar-refractivity contribution in [3.63, 3.8) is 0 Å². The molecule has 4 atom stereocenters. The summed E-state index contributed by atoms with van der Waals surface area (Å²) < 4.78 is 0. The second-order valence-corrected chi connectivity index (χ2v) is 7.58. The Balaban J connectivity index is 1.44. The maximum Gasteiger partial charge on any atom is 0.270 e. The van der Waals surface area contributed by atoms with Gasteiger partial charge in [0.15, 0.2) is 0 Å². The fourth-order valence-corrected chi connectivity index (χ4v) is 4.61. The number of para-hydroxylation sites is 1. The average Bonchev–Trinajstić information content (AvgIpc) is 2.66. The Hall–Kier alpha value is -2.43. The second-order valence-electron chi connectivity index (χ2n) is 7.58. The number of piperidine rings is 1. The lowest BCUT2D eigenvalue weighted by Gasteiger charge is -2.44. The first kappa shape index (κ1) is 17.0. The van der Waals surface area contributed by atoms with Gasteiger partial charge >= 0.3 is 0 Å². The van der Waals surface area contributed by atoms with Crippen LogP contribution in [-0.4, -0.2) is 28.9 Å². The van der Waals surface area contributed by atoms with E-state index in [1.165, 1.54) is 0 Å². The maximum atomic E-state index is 12.6. The first-order valence-electron chi connectivity index (χ1n) is 9.60. The van der Waals surface area contributed by atoms with Gasteiger partial charge in [-0.15, -0.1) is 0 Å². The van der Waals surface area contributed by atoms with E-state index in [0.29, 0.717) is 24.0 Å². The van der Waals surface area contributed by atoms with Crippen LogP contribution in [-0.2, 0) is 4.79 Å². The number of hydrogen-bond donors (Lipinski definition) is 2. The van der Waals surface area contributed by atoms with Gasteiger partial charge in [0, 0.05) is 23.9 Å². The van der Waals surface area contributed by atoms with E-state index in [1.54, 1.807) is 6.07 Å². The zero-order valence-corrected chi connectivity index (χ0v) is 15.1. The number of nitrogens with one attached hydrogen (secondary N) is 2. The number of benzene rings is 1. The molecule has 1 aromatic heterocycles. The third-order valence-corrected chi connectivity index (χ3v) is 5.99. The van der Waals surface area contributed by atoms with Crippen molar-refractivity contribution in [2.45, 2.75) is 51.1 Å². The monoisotopic (exact) mass is 351 g/mol. The molecule has 5 heteroatoms. The molecule has 26 heavy (non-hydrogen) atoms. The smallest absolute Gasteiger partial charge is 0.270 e. The summed E-state index contributed by atoms with van der Waals surface area (Å²) in [4.78, 5) is 29.1. The lowest BCUT2D eigenvalue weighted by atomic mass is 9.70. The van der Waals surface area contributed by atoms with E-state index in [2.05, 4.69) is 22.5 Å². The van der Waals surface area contributed by atoms with Gasteiger partial charge in [-0.2, -0.15) is 0 Å². The summed E-state index contributed by atoms with van der Waals surface area (Å²) in [5, 5.41) is 7.30. The molecular weight excluding hydrogens is 326 g/mol. The molecular formula is C21H25N3O2. The average molecular weight is 351 g/mol. The van der Waals surface area contributed by atoms with Gasteiger partial charge in [0.2, 0.25) is 5.91 Å². The van der Waals surface area contributed by atoms with E-state index in [9.17, 15) is 9.59 Å². The van der Waals surface area contributed by atoms with E-state index in [1.807, 2.05) is 30.3 Å². The van der Waals surface area contributed by atoms with Gasteiger partial charge in [-0.1, -0.05) is 37.6 Å². The normalized spacial score (nSPS) is 28.3. The van der Waals surface area contributed by atoms with Crippen molar-refractivity contribution in [2.75, 3.05) is 0 Å². The summed E-state index contributed by atoms with van der Waals surface area (Å²) in [5.41, 5.74) is 1.28. The number of carbonyl (C=O) groups excluding carboxylic acids is 2. The number of pyridine rings is 1. The van der Waals surface area contributed by atoms with Crippen LogP contribution in [0.5, 0.6) is 0 Å². The van der Waals surface area contributed by atoms with E-state index in [-0.39, 0.29) is 23.9 Å². The third-order valence-electron chi connectivity index (χ3n) is 5.99. The Labute approximate surface area is 153 Å². The van der Waals surface area contributed by atoms with Crippen LogP contribution in [0.25, 0.3) is 10.9 Å². The second kappa shape index (κ2) is 7.06. The topological polar surface area (TPSA) is 71.1 Å². The molecule has 0 spiro atoms. The standard InChI is InChI=1S/C21H25N3O2/c1-2-13-11-20(25)24-19-12-15(8-9-16(13)19)22-21(26)18-10-7-14-5-3-4-6-17(14)23-18/h3-7,10,13,15-16,19H,2,8-9,11-12H2,1H3,(H,22,26)(H,24,25). The van der Waals surface area contributed by atoms with Gasteiger partial charge in [-0.25, -0.2) is 4.98 Å². The molecule has 2 amide bonds. The fourth-order valence-electron chi connectivity index (χ4n) is 4.61. The van der Waals surface area contributed by atoms with Crippen LogP contribution in [0, 0.1) is 11.8 Å². The van der Waals surface area contributed by atoms with Crippen LogP contribution in [0.3, 0.4) is 0 Å². The molecule has 136 valence electrons. The highest BCUT2D eigenvalue weighted by molar-refractivity contribution is 5.95. The lowest BCUT2D eigenvalue weighted by molar-refractivity contribution is -0.127. The van der Waals surface area contributed by atoms with Gasteiger partial charge in [0.25, 0.3) is 5.91 Å². The van der Waals surface area contributed by atoms with Crippen molar-refractivity contribution >= 4 is 22.7 Å². The Morgan fingerprint density at radius 3 is 2.92 bits per heavy atom. The van der Waals surface area contributed by atoms with Gasteiger partial charge in [0.05, 0.1) is 5.52 Å². The van der Waals surface area contributed by atoms with Gasteiger partial charge in [-0.05, 0) is 43.2 Å². The highest BCUT2D eigenvalue weighted by atomic mass is 16.2. The molecule has 1 saturated heterocycles. The molecule has 2 aromatic rings. The predicted octanol–water partition coefficient (Wildman–Crippen LogP) is 3.05. The minimum Gasteiger partial charge on any atom is -0.353 e. The van der Waals surface area contributed by atoms with Crippen molar-refractivity contribution in [1.29, 1.82) is 0 Å². The molecule has 1 aliphatic carbocycles. The number of rotatable bonds is 3. The van der Waals surface area contributed by atoms with Gasteiger partial charge < -0.3 is 10.6 Å². The maximum absolute atomic E-state index is 12.6. The Morgan fingerprint density at radius 1 is 1.23 bits per heavy atom. The molecule has 5 nitrogen and oxygen atoms in total. The summed E-state index contributed by atoms with van der Waals surface area (Å²) in [7, 11) is 0. The minimum absolute atomic E-state index is 0.0907. The third kappa shape index (κ3) is 3.30. The first-order chi connectivity index (χ1) is 12.6. The van der Waals surface area contributed by atoms with Crippen molar-refractivity contribution < 1.29 is 9.59 Å². The van der Waals surface area contributed by atoms with Crippen LogP contribution in [0.1, 0.15) is 49.5 Å². The quantitative estimate of drug-likeness (QED) is 0.893. The lowest BCUT2D eigenvalue weighted by Crippen LogP contribution is -2.55. The summed E-state index contributed by atoms with van der Waals surface area (Å²) in [6.45, 7) is 2.17. The highest BCUT2D eigenvalue weighted by Gasteiger charge is 2.40. The molecule has 2 heterocycles.